The van der Waals surface area contributed by atoms with Crippen LogP contribution in [0.4, 0.5) is 4.79 Å². The Hall–Kier alpha value is -0.820. The fourth-order valence-electron chi connectivity index (χ4n) is 2.78. The molecular formula is C17H36IN5O4S. The van der Waals surface area contributed by atoms with Gasteiger partial charge >= 0.3 is 6.09 Å². The molecular weight excluding hydrogens is 497 g/mol. The van der Waals surface area contributed by atoms with Gasteiger partial charge in [-0.1, -0.05) is 0 Å². The highest BCUT2D eigenvalue weighted by molar-refractivity contribution is 14.0. The Labute approximate surface area is 186 Å². The fraction of sp³-hybridized carbons (Fsp3) is 0.882. The number of sulfonamides is 1. The van der Waals surface area contributed by atoms with Crippen LogP contribution in [0.2, 0.25) is 0 Å². The lowest BCUT2D eigenvalue weighted by Crippen LogP contribution is -2.47. The molecule has 0 bridgehead atoms. The molecule has 0 aromatic heterocycles. The van der Waals surface area contributed by atoms with Crippen molar-refractivity contribution in [3.05, 3.63) is 0 Å². The van der Waals surface area contributed by atoms with E-state index in [-0.39, 0.29) is 30.0 Å². The molecule has 0 radical (unpaired) electrons. The summed E-state index contributed by atoms with van der Waals surface area (Å²) in [4.78, 5) is 18.6. The van der Waals surface area contributed by atoms with Crippen LogP contribution in [0.3, 0.4) is 0 Å². The first-order valence-electron chi connectivity index (χ1n) is 9.22. The second-order valence-electron chi connectivity index (χ2n) is 8.51. The number of halogens is 1. The van der Waals surface area contributed by atoms with Crippen LogP contribution in [-0.2, 0) is 14.8 Å². The number of amides is 1. The van der Waals surface area contributed by atoms with Gasteiger partial charge in [0.1, 0.15) is 5.60 Å². The summed E-state index contributed by atoms with van der Waals surface area (Å²) in [6, 6.07) is -0.0224. The minimum absolute atomic E-state index is 0. The smallest absolute Gasteiger partial charge is 0.407 e. The number of nitrogens with zero attached hydrogens (tertiary/aromatic N) is 2. The molecule has 0 aromatic carbocycles. The average molecular weight is 533 g/mol. The second kappa shape index (κ2) is 10.8. The van der Waals surface area contributed by atoms with Crippen LogP contribution in [0.5, 0.6) is 0 Å². The molecule has 3 N–H and O–H groups in total. The third-order valence-corrected chi connectivity index (χ3v) is 4.55. The standard InChI is InChI=1S/C17H35N5O4S.HI/c1-8-18-14(19-12-17(5,6)21-27(7,24)25)22-10-9-13(11-22)20-15(23)26-16(2,3)4;/h13,21H,8-12H2,1-7H3,(H,18,19)(H,20,23);1H. The highest BCUT2D eigenvalue weighted by Crippen LogP contribution is 2.13. The van der Waals surface area contributed by atoms with Crippen molar-refractivity contribution in [3.63, 3.8) is 0 Å². The summed E-state index contributed by atoms with van der Waals surface area (Å²) >= 11 is 0. The zero-order valence-electron chi connectivity index (χ0n) is 18.0. The van der Waals surface area contributed by atoms with Crippen molar-refractivity contribution in [3.8, 4) is 0 Å². The van der Waals surface area contributed by atoms with E-state index in [4.69, 9.17) is 4.74 Å². The van der Waals surface area contributed by atoms with Crippen LogP contribution < -0.4 is 15.4 Å². The second-order valence-corrected chi connectivity index (χ2v) is 10.3. The molecule has 1 amide bonds. The number of carbonyl (C=O) groups is 1. The number of guanidine groups is 1. The molecule has 166 valence electrons. The summed E-state index contributed by atoms with van der Waals surface area (Å²) in [5.41, 5.74) is -1.22. The van der Waals surface area contributed by atoms with Crippen molar-refractivity contribution in [2.75, 3.05) is 32.4 Å². The van der Waals surface area contributed by atoms with Crippen LogP contribution in [0.1, 0.15) is 48.0 Å². The lowest BCUT2D eigenvalue weighted by molar-refractivity contribution is 0.0507. The fourth-order valence-corrected chi connectivity index (χ4v) is 3.85. The highest BCUT2D eigenvalue weighted by atomic mass is 127. The molecule has 1 heterocycles. The van der Waals surface area contributed by atoms with Gasteiger partial charge in [0, 0.05) is 25.2 Å². The minimum Gasteiger partial charge on any atom is -0.444 e. The number of ether oxygens (including phenoxy) is 1. The molecule has 28 heavy (non-hydrogen) atoms. The number of hydrogen-bond donors (Lipinski definition) is 3. The molecule has 0 aromatic rings. The van der Waals surface area contributed by atoms with Gasteiger partial charge in [-0.2, -0.15) is 0 Å². The van der Waals surface area contributed by atoms with Gasteiger partial charge in [0.25, 0.3) is 0 Å². The molecule has 0 saturated carbocycles. The Bertz CT molecular complexity index is 646. The van der Waals surface area contributed by atoms with Gasteiger partial charge in [0.2, 0.25) is 10.0 Å². The molecule has 1 rings (SSSR count). The van der Waals surface area contributed by atoms with E-state index in [1.54, 1.807) is 13.8 Å². The Balaban J connectivity index is 0.00000729. The zero-order valence-corrected chi connectivity index (χ0v) is 21.1. The van der Waals surface area contributed by atoms with E-state index < -0.39 is 27.3 Å². The number of rotatable bonds is 6. The van der Waals surface area contributed by atoms with Gasteiger partial charge in [-0.25, -0.2) is 17.9 Å². The van der Waals surface area contributed by atoms with Crippen molar-refractivity contribution >= 4 is 46.1 Å². The third-order valence-electron chi connectivity index (χ3n) is 3.63. The van der Waals surface area contributed by atoms with Crippen molar-refractivity contribution in [1.82, 2.24) is 20.3 Å². The predicted molar refractivity (Wildman–Crippen MR) is 123 cm³/mol. The number of carbonyl (C=O) groups excluding carboxylic acids is 1. The topological polar surface area (TPSA) is 112 Å². The normalized spacial score (nSPS) is 18.5. The summed E-state index contributed by atoms with van der Waals surface area (Å²) in [6.45, 7) is 13.4. The molecule has 11 heteroatoms. The molecule has 0 aliphatic carbocycles. The SMILES string of the molecule is CCNC(=NCC(C)(C)NS(C)(=O)=O)N1CCC(NC(=O)OC(C)(C)C)C1.I. The molecule has 1 aliphatic heterocycles. The molecule has 0 spiro atoms. The van der Waals surface area contributed by atoms with E-state index >= 15 is 0 Å². The lowest BCUT2D eigenvalue weighted by atomic mass is 10.1. The summed E-state index contributed by atoms with van der Waals surface area (Å²) in [5.74, 6) is 0.703. The van der Waals surface area contributed by atoms with E-state index in [1.165, 1.54) is 0 Å². The van der Waals surface area contributed by atoms with Crippen LogP contribution in [0.15, 0.2) is 4.99 Å². The Kier molecular flexibility index (Phi) is 10.5. The van der Waals surface area contributed by atoms with Crippen molar-refractivity contribution < 1.29 is 17.9 Å². The average Bonchev–Trinajstić information content (AvgIpc) is 2.86. The van der Waals surface area contributed by atoms with Gasteiger partial charge in [-0.15, -0.1) is 24.0 Å². The largest absolute Gasteiger partial charge is 0.444 e. The van der Waals surface area contributed by atoms with Gasteiger partial charge in [-0.3, -0.25) is 4.99 Å². The van der Waals surface area contributed by atoms with Crippen LogP contribution in [0.25, 0.3) is 0 Å². The predicted octanol–water partition coefficient (Wildman–Crippen LogP) is 1.50. The zero-order chi connectivity index (χ0) is 20.9. The van der Waals surface area contributed by atoms with Crippen molar-refractivity contribution in [2.45, 2.75) is 65.1 Å². The molecule has 1 aliphatic rings. The highest BCUT2D eigenvalue weighted by Gasteiger charge is 2.29. The first-order valence-corrected chi connectivity index (χ1v) is 11.1. The quantitative estimate of drug-likeness (QED) is 0.271. The van der Waals surface area contributed by atoms with Gasteiger partial charge < -0.3 is 20.3 Å². The number of alkyl carbamates (subject to hydrolysis) is 1. The summed E-state index contributed by atoms with van der Waals surface area (Å²) in [6.07, 6.45) is 1.50. The summed E-state index contributed by atoms with van der Waals surface area (Å²) < 4.78 is 30.8. The van der Waals surface area contributed by atoms with Crippen LogP contribution in [0, 0.1) is 0 Å². The minimum atomic E-state index is -3.31. The lowest BCUT2D eigenvalue weighted by Gasteiger charge is -2.26. The first-order chi connectivity index (χ1) is 12.2. The molecule has 1 unspecified atom stereocenters. The van der Waals surface area contributed by atoms with Crippen molar-refractivity contribution in [1.29, 1.82) is 0 Å². The van der Waals surface area contributed by atoms with Crippen LogP contribution >= 0.6 is 24.0 Å². The van der Waals surface area contributed by atoms with E-state index in [0.717, 1.165) is 19.2 Å². The Morgan fingerprint density at radius 2 is 1.86 bits per heavy atom. The monoisotopic (exact) mass is 533 g/mol. The van der Waals surface area contributed by atoms with Gasteiger partial charge in [-0.05, 0) is 48.0 Å². The summed E-state index contributed by atoms with van der Waals surface area (Å²) in [5, 5.41) is 6.12. The van der Waals surface area contributed by atoms with Gasteiger partial charge in [0.05, 0.1) is 18.8 Å². The molecule has 1 saturated heterocycles. The summed E-state index contributed by atoms with van der Waals surface area (Å²) in [7, 11) is -3.31. The van der Waals surface area contributed by atoms with Crippen LogP contribution in [-0.4, -0.2) is 75.0 Å². The molecule has 1 fully saturated rings. The number of nitrogens with one attached hydrogen (secondary N) is 3. The maximum absolute atomic E-state index is 11.9. The Morgan fingerprint density at radius 3 is 2.36 bits per heavy atom. The maximum Gasteiger partial charge on any atom is 0.407 e. The maximum atomic E-state index is 11.9. The number of likely N-dealkylation sites (tertiary alicyclic amines) is 1. The van der Waals surface area contributed by atoms with E-state index in [2.05, 4.69) is 25.2 Å². The number of hydrogen-bond acceptors (Lipinski definition) is 5. The van der Waals surface area contributed by atoms with E-state index in [9.17, 15) is 13.2 Å². The first kappa shape index (κ1) is 27.2. The van der Waals surface area contributed by atoms with Crippen molar-refractivity contribution in [2.24, 2.45) is 4.99 Å². The molecule has 1 atom stereocenters. The van der Waals surface area contributed by atoms with E-state index in [0.29, 0.717) is 25.6 Å². The Morgan fingerprint density at radius 1 is 1.25 bits per heavy atom. The van der Waals surface area contributed by atoms with Gasteiger partial charge in [0.15, 0.2) is 5.96 Å². The molecule has 9 nitrogen and oxygen atoms in total. The third kappa shape index (κ3) is 11.2. The van der Waals surface area contributed by atoms with E-state index in [1.807, 2.05) is 27.7 Å². The number of aliphatic imine (C=N–C) groups is 1.